The molecule has 0 spiro atoms. The summed E-state index contributed by atoms with van der Waals surface area (Å²) in [4.78, 5) is 21.4. The maximum absolute atomic E-state index is 13.3. The fourth-order valence-electron chi connectivity index (χ4n) is 3.14. The number of thiazole rings is 1. The van der Waals surface area contributed by atoms with Crippen LogP contribution in [0.4, 0.5) is 29.1 Å². The number of benzene rings is 2. The molecule has 1 amide bonds. The van der Waals surface area contributed by atoms with Gasteiger partial charge in [0.2, 0.25) is 4.80 Å². The molecule has 7 nitrogen and oxygen atoms in total. The molecule has 2 N–H and O–H groups in total. The molecule has 192 valence electrons. The van der Waals surface area contributed by atoms with Crippen LogP contribution in [0, 0.1) is 5.82 Å². The van der Waals surface area contributed by atoms with Crippen LogP contribution in [0.3, 0.4) is 0 Å². The summed E-state index contributed by atoms with van der Waals surface area (Å²) in [5.74, 6) is -0.388. The molecule has 4 rings (SSSR count). The average Bonchev–Trinajstić information content (AvgIpc) is 3.25. The number of carbonyl (C=O) groups is 1. The summed E-state index contributed by atoms with van der Waals surface area (Å²) in [5, 5.41) is 4.14. The van der Waals surface area contributed by atoms with Crippen molar-refractivity contribution < 1.29 is 27.1 Å². The van der Waals surface area contributed by atoms with Crippen LogP contribution < -0.4 is 20.3 Å². The lowest BCUT2D eigenvalue weighted by Crippen LogP contribution is -2.34. The number of ether oxygens (including phenoxy) is 1. The van der Waals surface area contributed by atoms with Gasteiger partial charge in [0, 0.05) is 17.1 Å². The van der Waals surface area contributed by atoms with Crippen LogP contribution in [-0.4, -0.2) is 29.2 Å². The SMILES string of the molecule is COc1ccc(-c2csc(=Nc3ccc(F)cc3)n2NC(=O)CNc2ncc(C(F)(F)F)cc2Cl)cc1. The van der Waals surface area contributed by atoms with Crippen molar-refractivity contribution in [3.63, 3.8) is 0 Å². The largest absolute Gasteiger partial charge is 0.497 e. The Hall–Kier alpha value is -3.90. The number of alkyl halides is 3. The second-order valence-corrected chi connectivity index (χ2v) is 8.74. The van der Waals surface area contributed by atoms with Crippen LogP contribution in [0.25, 0.3) is 11.3 Å². The first-order chi connectivity index (χ1) is 17.6. The van der Waals surface area contributed by atoms with Gasteiger partial charge < -0.3 is 10.1 Å². The minimum absolute atomic E-state index is 0.0771. The molecule has 0 atom stereocenters. The third-order valence-electron chi connectivity index (χ3n) is 4.97. The van der Waals surface area contributed by atoms with E-state index < -0.39 is 23.5 Å². The van der Waals surface area contributed by atoms with E-state index in [-0.39, 0.29) is 17.4 Å². The van der Waals surface area contributed by atoms with Crippen molar-refractivity contribution >= 4 is 40.4 Å². The predicted octanol–water partition coefficient (Wildman–Crippen LogP) is 5.85. The van der Waals surface area contributed by atoms with E-state index in [1.54, 1.807) is 36.8 Å². The van der Waals surface area contributed by atoms with Gasteiger partial charge in [-0.25, -0.2) is 19.0 Å². The van der Waals surface area contributed by atoms with Crippen molar-refractivity contribution in [2.24, 2.45) is 4.99 Å². The van der Waals surface area contributed by atoms with Crippen molar-refractivity contribution in [1.82, 2.24) is 9.66 Å². The average molecular weight is 552 g/mol. The van der Waals surface area contributed by atoms with Crippen LogP contribution in [0.15, 0.2) is 71.2 Å². The highest BCUT2D eigenvalue weighted by Gasteiger charge is 2.31. The second-order valence-electron chi connectivity index (χ2n) is 7.50. The van der Waals surface area contributed by atoms with E-state index in [4.69, 9.17) is 16.3 Å². The fraction of sp³-hybridized carbons (Fsp3) is 0.125. The smallest absolute Gasteiger partial charge is 0.417 e. The summed E-state index contributed by atoms with van der Waals surface area (Å²) in [6.07, 6.45) is -3.97. The number of aromatic nitrogens is 2. The number of halogens is 5. The zero-order chi connectivity index (χ0) is 26.6. The van der Waals surface area contributed by atoms with E-state index in [1.807, 2.05) is 0 Å². The molecule has 2 heterocycles. The minimum atomic E-state index is -4.59. The topological polar surface area (TPSA) is 80.5 Å². The fourth-order valence-corrected chi connectivity index (χ4v) is 4.24. The molecule has 2 aromatic carbocycles. The zero-order valence-corrected chi connectivity index (χ0v) is 20.6. The number of nitrogens with zero attached hydrogens (tertiary/aromatic N) is 3. The molecular formula is C24H18ClF4N5O2S. The lowest BCUT2D eigenvalue weighted by atomic mass is 10.2. The van der Waals surface area contributed by atoms with Gasteiger partial charge in [-0.3, -0.25) is 10.2 Å². The molecule has 4 aromatic rings. The van der Waals surface area contributed by atoms with Crippen LogP contribution >= 0.6 is 22.9 Å². The normalized spacial score (nSPS) is 11.9. The van der Waals surface area contributed by atoms with Crippen LogP contribution in [0.1, 0.15) is 5.56 Å². The molecule has 0 saturated heterocycles. The van der Waals surface area contributed by atoms with Crippen LogP contribution in [0.2, 0.25) is 5.02 Å². The Morgan fingerprint density at radius 1 is 1.16 bits per heavy atom. The predicted molar refractivity (Wildman–Crippen MR) is 133 cm³/mol. The van der Waals surface area contributed by atoms with Crippen molar-refractivity contribution in [2.75, 3.05) is 24.4 Å². The number of carbonyl (C=O) groups excluding carboxylic acids is 1. The molecule has 0 fully saturated rings. The molecule has 0 aliphatic heterocycles. The summed E-state index contributed by atoms with van der Waals surface area (Å²) < 4.78 is 58.5. The number of anilines is 1. The van der Waals surface area contributed by atoms with Crippen molar-refractivity contribution in [1.29, 1.82) is 0 Å². The third-order valence-corrected chi connectivity index (χ3v) is 6.08. The van der Waals surface area contributed by atoms with E-state index in [0.717, 1.165) is 11.6 Å². The van der Waals surface area contributed by atoms with Gasteiger partial charge in [0.05, 0.1) is 35.6 Å². The summed E-state index contributed by atoms with van der Waals surface area (Å²) in [6, 6.07) is 13.4. The highest BCUT2D eigenvalue weighted by atomic mass is 35.5. The number of nitrogens with one attached hydrogen (secondary N) is 2. The zero-order valence-electron chi connectivity index (χ0n) is 19.0. The van der Waals surface area contributed by atoms with Gasteiger partial charge in [-0.1, -0.05) is 11.6 Å². The van der Waals surface area contributed by atoms with Gasteiger partial charge in [0.1, 0.15) is 17.4 Å². The van der Waals surface area contributed by atoms with E-state index in [0.29, 0.717) is 28.1 Å². The van der Waals surface area contributed by atoms with Gasteiger partial charge in [-0.05, 0) is 54.6 Å². The van der Waals surface area contributed by atoms with E-state index in [9.17, 15) is 22.4 Å². The molecule has 0 aliphatic rings. The summed E-state index contributed by atoms with van der Waals surface area (Å²) in [7, 11) is 1.55. The number of hydrogen-bond acceptors (Lipinski definition) is 6. The minimum Gasteiger partial charge on any atom is -0.497 e. The molecule has 2 aromatic heterocycles. The van der Waals surface area contributed by atoms with Gasteiger partial charge >= 0.3 is 6.18 Å². The highest BCUT2D eigenvalue weighted by molar-refractivity contribution is 7.07. The number of methoxy groups -OCH3 is 1. The first kappa shape index (κ1) is 26.2. The van der Waals surface area contributed by atoms with Gasteiger partial charge in [-0.15, -0.1) is 11.3 Å². The Balaban J connectivity index is 1.60. The first-order valence-electron chi connectivity index (χ1n) is 10.6. The van der Waals surface area contributed by atoms with E-state index in [2.05, 4.69) is 20.7 Å². The Kier molecular flexibility index (Phi) is 7.79. The Bertz CT molecular complexity index is 1470. The third kappa shape index (κ3) is 6.46. The maximum atomic E-state index is 13.3. The van der Waals surface area contributed by atoms with Crippen LogP contribution in [0.5, 0.6) is 5.75 Å². The Morgan fingerprint density at radius 2 is 1.86 bits per heavy atom. The molecular weight excluding hydrogens is 534 g/mol. The van der Waals surface area contributed by atoms with Crippen molar-refractivity contribution in [2.45, 2.75) is 6.18 Å². The number of rotatable bonds is 7. The standard InChI is InChI=1S/C24H18ClF4N5O2S/c1-36-18-8-2-14(3-9-18)20-13-37-23(32-17-6-4-16(26)5-7-17)34(20)33-21(35)12-31-22-19(25)10-15(11-30-22)24(27,28)29/h2-11,13H,12H2,1H3,(H,30,31)(H,33,35). The maximum Gasteiger partial charge on any atom is 0.417 e. The number of amides is 1. The first-order valence-corrected chi connectivity index (χ1v) is 11.8. The number of hydrogen-bond donors (Lipinski definition) is 2. The lowest BCUT2D eigenvalue weighted by molar-refractivity contribution is -0.137. The van der Waals surface area contributed by atoms with Gasteiger partial charge in [-0.2, -0.15) is 13.2 Å². The Labute approximate surface area is 217 Å². The van der Waals surface area contributed by atoms with Crippen molar-refractivity contribution in [3.05, 3.63) is 87.4 Å². The van der Waals surface area contributed by atoms with Crippen LogP contribution in [-0.2, 0) is 11.0 Å². The van der Waals surface area contributed by atoms with Gasteiger partial charge in [0.15, 0.2) is 0 Å². The Morgan fingerprint density at radius 3 is 2.49 bits per heavy atom. The van der Waals surface area contributed by atoms with Crippen molar-refractivity contribution in [3.8, 4) is 17.0 Å². The van der Waals surface area contributed by atoms with Gasteiger partial charge in [0.25, 0.3) is 5.91 Å². The monoisotopic (exact) mass is 551 g/mol. The summed E-state index contributed by atoms with van der Waals surface area (Å²) in [5.41, 5.74) is 3.53. The molecule has 37 heavy (non-hydrogen) atoms. The molecule has 0 bridgehead atoms. The molecule has 0 aliphatic carbocycles. The number of pyridine rings is 1. The van der Waals surface area contributed by atoms with E-state index in [1.165, 1.54) is 40.3 Å². The molecule has 0 radical (unpaired) electrons. The summed E-state index contributed by atoms with van der Waals surface area (Å²) in [6.45, 7) is -0.348. The van der Waals surface area contributed by atoms with E-state index >= 15 is 0 Å². The molecule has 0 unspecified atom stereocenters. The molecule has 13 heteroatoms. The molecule has 0 saturated carbocycles. The quantitative estimate of drug-likeness (QED) is 0.283. The lowest BCUT2D eigenvalue weighted by Gasteiger charge is -2.13. The highest BCUT2D eigenvalue weighted by Crippen LogP contribution is 2.32. The summed E-state index contributed by atoms with van der Waals surface area (Å²) >= 11 is 7.15. The second kappa shape index (κ2) is 11.0.